The molecule has 25 heavy (non-hydrogen) atoms. The van der Waals surface area contributed by atoms with E-state index in [0.717, 1.165) is 15.2 Å². The summed E-state index contributed by atoms with van der Waals surface area (Å²) < 4.78 is 14.9. The Morgan fingerprint density at radius 2 is 2.00 bits per heavy atom. The Balaban J connectivity index is 1.87. The molecule has 1 heterocycles. The van der Waals surface area contributed by atoms with Crippen LogP contribution in [0.3, 0.4) is 0 Å². The van der Waals surface area contributed by atoms with Gasteiger partial charge in [-0.05, 0) is 36.1 Å². The number of aliphatic hydroxyl groups is 1. The summed E-state index contributed by atoms with van der Waals surface area (Å²) >= 11 is 3.40. The molecule has 3 rings (SSSR count). The monoisotopic (exact) mass is 402 g/mol. The van der Waals surface area contributed by atoms with E-state index >= 15 is 0 Å². The number of hydrogen-bond acceptors (Lipinski definition) is 3. The quantitative estimate of drug-likeness (QED) is 0.677. The first-order valence-electron chi connectivity index (χ1n) is 7.80. The molecule has 2 N–H and O–H groups in total. The molecule has 0 saturated carbocycles. The number of nitrogens with one attached hydrogen (secondary N) is 1. The van der Waals surface area contributed by atoms with Crippen LogP contribution in [0.15, 0.2) is 59.2 Å². The van der Waals surface area contributed by atoms with Gasteiger partial charge in [-0.3, -0.25) is 9.78 Å². The molecule has 1 aromatic heterocycles. The molecule has 0 fully saturated rings. The normalized spacial score (nSPS) is 12.1. The summed E-state index contributed by atoms with van der Waals surface area (Å²) in [4.78, 5) is 16.7. The van der Waals surface area contributed by atoms with Crippen LogP contribution in [0.2, 0.25) is 0 Å². The van der Waals surface area contributed by atoms with E-state index in [1.807, 2.05) is 18.2 Å². The Morgan fingerprint density at radius 1 is 1.20 bits per heavy atom. The van der Waals surface area contributed by atoms with E-state index in [0.29, 0.717) is 5.56 Å². The van der Waals surface area contributed by atoms with Crippen molar-refractivity contribution in [2.45, 2.75) is 12.5 Å². The van der Waals surface area contributed by atoms with Crippen molar-refractivity contribution >= 4 is 32.6 Å². The van der Waals surface area contributed by atoms with Gasteiger partial charge < -0.3 is 10.4 Å². The number of aromatic nitrogens is 1. The second-order valence-electron chi connectivity index (χ2n) is 5.62. The minimum absolute atomic E-state index is 0.169. The summed E-state index contributed by atoms with van der Waals surface area (Å²) in [5.74, 6) is -0.833. The predicted octanol–water partition coefficient (Wildman–Crippen LogP) is 3.99. The maximum atomic E-state index is 14.0. The number of pyridine rings is 1. The van der Waals surface area contributed by atoms with E-state index in [-0.39, 0.29) is 18.7 Å². The van der Waals surface area contributed by atoms with Crippen molar-refractivity contribution < 1.29 is 14.3 Å². The van der Waals surface area contributed by atoms with Crippen LogP contribution in [-0.2, 0) is 0 Å². The fraction of sp³-hybridized carbons (Fsp3) is 0.158. The Morgan fingerprint density at radius 3 is 2.76 bits per heavy atom. The lowest BCUT2D eigenvalue weighted by Crippen LogP contribution is -2.30. The number of halogens is 2. The van der Waals surface area contributed by atoms with Crippen LogP contribution < -0.4 is 5.32 Å². The standard InChI is InChI=1S/C19H16BrFN2O2/c20-14-6-5-12-11-22-18(10-13(12)9-14)19(25)23-17(7-8-24)15-3-1-2-4-16(15)21/h1-6,9-11,17,24H,7-8H2,(H,23,25). The summed E-state index contributed by atoms with van der Waals surface area (Å²) in [6.07, 6.45) is 1.84. The zero-order valence-corrected chi connectivity index (χ0v) is 14.8. The van der Waals surface area contributed by atoms with Gasteiger partial charge in [-0.1, -0.05) is 40.2 Å². The molecule has 2 aromatic carbocycles. The van der Waals surface area contributed by atoms with Crippen molar-refractivity contribution in [2.75, 3.05) is 6.61 Å². The molecular weight excluding hydrogens is 387 g/mol. The fourth-order valence-electron chi connectivity index (χ4n) is 2.66. The minimum atomic E-state index is -0.626. The first-order valence-corrected chi connectivity index (χ1v) is 8.59. The van der Waals surface area contributed by atoms with Crippen LogP contribution in [0.25, 0.3) is 10.8 Å². The number of nitrogens with zero attached hydrogens (tertiary/aromatic N) is 1. The lowest BCUT2D eigenvalue weighted by molar-refractivity contribution is 0.0924. The third-order valence-corrected chi connectivity index (χ3v) is 4.41. The van der Waals surface area contributed by atoms with Gasteiger partial charge in [0.25, 0.3) is 5.91 Å². The van der Waals surface area contributed by atoms with Gasteiger partial charge in [0, 0.05) is 28.2 Å². The molecule has 0 radical (unpaired) electrons. The van der Waals surface area contributed by atoms with E-state index in [9.17, 15) is 14.3 Å². The van der Waals surface area contributed by atoms with Crippen molar-refractivity contribution in [3.8, 4) is 0 Å². The number of fused-ring (bicyclic) bond motifs is 1. The molecular formula is C19H16BrFN2O2. The van der Waals surface area contributed by atoms with Gasteiger partial charge in [0.05, 0.1) is 6.04 Å². The largest absolute Gasteiger partial charge is 0.396 e. The van der Waals surface area contributed by atoms with Gasteiger partial charge in [0.1, 0.15) is 11.5 Å². The van der Waals surface area contributed by atoms with E-state index < -0.39 is 17.8 Å². The van der Waals surface area contributed by atoms with Crippen molar-refractivity contribution in [1.82, 2.24) is 10.3 Å². The van der Waals surface area contributed by atoms with Gasteiger partial charge >= 0.3 is 0 Å². The first kappa shape index (κ1) is 17.5. The molecule has 1 unspecified atom stereocenters. The zero-order chi connectivity index (χ0) is 17.8. The van der Waals surface area contributed by atoms with Crippen LogP contribution in [0.4, 0.5) is 4.39 Å². The van der Waals surface area contributed by atoms with E-state index in [1.54, 1.807) is 30.5 Å². The van der Waals surface area contributed by atoms with Gasteiger partial charge in [0.15, 0.2) is 0 Å². The van der Waals surface area contributed by atoms with Gasteiger partial charge in [-0.25, -0.2) is 4.39 Å². The lowest BCUT2D eigenvalue weighted by atomic mass is 10.0. The molecule has 0 aliphatic heterocycles. The van der Waals surface area contributed by atoms with E-state index in [1.165, 1.54) is 6.07 Å². The van der Waals surface area contributed by atoms with Crippen LogP contribution in [0.5, 0.6) is 0 Å². The first-order chi connectivity index (χ1) is 12.1. The maximum absolute atomic E-state index is 14.0. The van der Waals surface area contributed by atoms with Crippen LogP contribution in [0.1, 0.15) is 28.5 Å². The highest BCUT2D eigenvalue weighted by molar-refractivity contribution is 9.10. The summed E-state index contributed by atoms with van der Waals surface area (Å²) in [6, 6.07) is 13.0. The van der Waals surface area contributed by atoms with Crippen molar-refractivity contribution in [2.24, 2.45) is 0 Å². The second kappa shape index (κ2) is 7.72. The number of carbonyl (C=O) groups is 1. The summed E-state index contributed by atoms with van der Waals surface area (Å²) in [5.41, 5.74) is 0.582. The Bertz CT molecular complexity index is 917. The van der Waals surface area contributed by atoms with Crippen molar-refractivity contribution in [3.63, 3.8) is 0 Å². The molecule has 3 aromatic rings. The molecule has 6 heteroatoms. The molecule has 0 bridgehead atoms. The number of rotatable bonds is 5. The molecule has 128 valence electrons. The van der Waals surface area contributed by atoms with Gasteiger partial charge in [-0.2, -0.15) is 0 Å². The molecule has 0 aliphatic rings. The predicted molar refractivity (Wildman–Crippen MR) is 97.8 cm³/mol. The average Bonchev–Trinajstić information content (AvgIpc) is 2.61. The number of amides is 1. The van der Waals surface area contributed by atoms with E-state index in [4.69, 9.17) is 0 Å². The SMILES string of the molecule is O=C(NC(CCO)c1ccccc1F)c1cc2cc(Br)ccc2cn1. The van der Waals surface area contributed by atoms with Gasteiger partial charge in [-0.15, -0.1) is 0 Å². The maximum Gasteiger partial charge on any atom is 0.270 e. The molecule has 0 aliphatic carbocycles. The fourth-order valence-corrected chi connectivity index (χ4v) is 3.04. The Hall–Kier alpha value is -2.31. The molecule has 0 saturated heterocycles. The molecule has 0 spiro atoms. The lowest BCUT2D eigenvalue weighted by Gasteiger charge is -2.18. The summed E-state index contributed by atoms with van der Waals surface area (Å²) in [6.45, 7) is -0.169. The topological polar surface area (TPSA) is 62.2 Å². The Labute approximate surface area is 152 Å². The van der Waals surface area contributed by atoms with E-state index in [2.05, 4.69) is 26.2 Å². The number of carbonyl (C=O) groups excluding carboxylic acids is 1. The van der Waals surface area contributed by atoms with Crippen LogP contribution >= 0.6 is 15.9 Å². The molecule has 1 atom stereocenters. The van der Waals surface area contributed by atoms with Crippen LogP contribution in [0, 0.1) is 5.82 Å². The smallest absolute Gasteiger partial charge is 0.270 e. The number of benzene rings is 2. The highest BCUT2D eigenvalue weighted by atomic mass is 79.9. The highest BCUT2D eigenvalue weighted by Crippen LogP contribution is 2.22. The number of hydrogen-bond donors (Lipinski definition) is 2. The third-order valence-electron chi connectivity index (χ3n) is 3.92. The summed E-state index contributed by atoms with van der Waals surface area (Å²) in [7, 11) is 0. The molecule has 1 amide bonds. The minimum Gasteiger partial charge on any atom is -0.396 e. The van der Waals surface area contributed by atoms with Crippen molar-refractivity contribution in [1.29, 1.82) is 0 Å². The third kappa shape index (κ3) is 4.03. The van der Waals surface area contributed by atoms with Crippen LogP contribution in [-0.4, -0.2) is 22.6 Å². The Kier molecular flexibility index (Phi) is 5.40. The van der Waals surface area contributed by atoms with Crippen molar-refractivity contribution in [3.05, 3.63) is 76.3 Å². The zero-order valence-electron chi connectivity index (χ0n) is 13.2. The average molecular weight is 403 g/mol. The van der Waals surface area contributed by atoms with Gasteiger partial charge in [0.2, 0.25) is 0 Å². The summed E-state index contributed by atoms with van der Waals surface area (Å²) in [5, 5.41) is 13.8. The second-order valence-corrected chi connectivity index (χ2v) is 6.54. The number of aliphatic hydroxyl groups excluding tert-OH is 1. The molecule has 4 nitrogen and oxygen atoms in total. The highest BCUT2D eigenvalue weighted by Gasteiger charge is 2.19.